The molecule has 0 saturated heterocycles. The van der Waals surface area contributed by atoms with Crippen LogP contribution in [-0.2, 0) is 16.6 Å². The van der Waals surface area contributed by atoms with Crippen molar-refractivity contribution in [3.8, 4) is 0 Å². The zero-order valence-corrected chi connectivity index (χ0v) is 13.0. The Balaban J connectivity index is 2.36. The number of sulfonamides is 1. The number of rotatable bonds is 5. The highest BCUT2D eigenvalue weighted by atomic mass is 35.5. The van der Waals surface area contributed by atoms with Gasteiger partial charge in [0.15, 0.2) is 5.82 Å². The Labute approximate surface area is 127 Å². The molecule has 1 aromatic carbocycles. The number of aryl methyl sites for hydroxylation is 1. The molecule has 1 heterocycles. The minimum absolute atomic E-state index is 0.0351. The fourth-order valence-electron chi connectivity index (χ4n) is 1.83. The van der Waals surface area contributed by atoms with Crippen LogP contribution in [-0.4, -0.2) is 15.5 Å². The molecule has 0 saturated carbocycles. The predicted molar refractivity (Wildman–Crippen MR) is 78.4 cm³/mol. The molecule has 0 bridgehead atoms. The van der Waals surface area contributed by atoms with E-state index in [1.165, 1.54) is 31.2 Å². The minimum Gasteiger partial charge on any atom is -0.464 e. The molecule has 0 spiro atoms. The maximum absolute atomic E-state index is 13.8. The lowest BCUT2D eigenvalue weighted by molar-refractivity contribution is 0.466. The van der Waals surface area contributed by atoms with Gasteiger partial charge in [-0.05, 0) is 26.1 Å². The Hall–Kier alpha value is -1.57. The third-order valence-corrected chi connectivity index (χ3v) is 4.52. The number of halogens is 2. The summed E-state index contributed by atoms with van der Waals surface area (Å²) in [5, 5.41) is 2.70. The fraction of sp³-hybridized carbons (Fsp3) is 0.231. The largest absolute Gasteiger partial charge is 0.464 e. The van der Waals surface area contributed by atoms with Crippen molar-refractivity contribution in [1.29, 1.82) is 0 Å². The molecule has 8 heteroatoms. The Morgan fingerprint density at radius 3 is 2.76 bits per heavy atom. The summed E-state index contributed by atoms with van der Waals surface area (Å²) in [7, 11) is -2.24. The van der Waals surface area contributed by atoms with Gasteiger partial charge in [0.1, 0.15) is 16.4 Å². The van der Waals surface area contributed by atoms with E-state index >= 15 is 0 Å². The fourth-order valence-corrected chi connectivity index (χ4v) is 3.27. The molecule has 2 rings (SSSR count). The zero-order chi connectivity index (χ0) is 15.6. The summed E-state index contributed by atoms with van der Waals surface area (Å²) < 4.78 is 45.9. The highest BCUT2D eigenvalue weighted by Gasteiger charge is 2.23. The Kier molecular flexibility index (Phi) is 4.55. The summed E-state index contributed by atoms with van der Waals surface area (Å²) in [5.41, 5.74) is -0.210. The molecular weight excluding hydrogens is 319 g/mol. The molecule has 1 aromatic heterocycles. The van der Waals surface area contributed by atoms with E-state index in [1.54, 1.807) is 7.05 Å². The van der Waals surface area contributed by atoms with Crippen molar-refractivity contribution >= 4 is 27.3 Å². The number of furan rings is 1. The van der Waals surface area contributed by atoms with Crippen LogP contribution in [0.1, 0.15) is 11.5 Å². The van der Waals surface area contributed by atoms with Gasteiger partial charge in [-0.1, -0.05) is 17.7 Å². The molecule has 0 aliphatic carbocycles. The molecule has 0 amide bonds. The standard InChI is InChI=1S/C13H14ClFN2O3S/c1-8-12(6-9(20-8)7-16-2)21(18,19)17-11-5-3-4-10(14)13(11)15/h3-6,16-17H,7H2,1-2H3. The number of benzene rings is 1. The number of hydrogen-bond acceptors (Lipinski definition) is 4. The van der Waals surface area contributed by atoms with Crippen LogP contribution in [0.5, 0.6) is 0 Å². The summed E-state index contributed by atoms with van der Waals surface area (Å²) in [6, 6.07) is 5.49. The molecular formula is C13H14ClFN2O3S. The lowest BCUT2D eigenvalue weighted by atomic mass is 10.3. The Morgan fingerprint density at radius 1 is 1.38 bits per heavy atom. The average Bonchev–Trinajstić information content (AvgIpc) is 2.77. The summed E-state index contributed by atoms with van der Waals surface area (Å²) in [6.45, 7) is 1.92. The highest BCUT2D eigenvalue weighted by Crippen LogP contribution is 2.27. The number of hydrogen-bond donors (Lipinski definition) is 2. The van der Waals surface area contributed by atoms with E-state index in [0.717, 1.165) is 0 Å². The first-order valence-corrected chi connectivity index (χ1v) is 7.92. The molecule has 0 unspecified atom stereocenters. The van der Waals surface area contributed by atoms with Gasteiger partial charge in [0.05, 0.1) is 17.3 Å². The van der Waals surface area contributed by atoms with Crippen molar-refractivity contribution in [2.75, 3.05) is 11.8 Å². The molecule has 0 radical (unpaired) electrons. The van der Waals surface area contributed by atoms with Crippen LogP contribution in [0.3, 0.4) is 0 Å². The summed E-state index contributed by atoms with van der Waals surface area (Å²) in [4.78, 5) is -0.0351. The second-order valence-electron chi connectivity index (χ2n) is 4.37. The van der Waals surface area contributed by atoms with Crippen molar-refractivity contribution in [1.82, 2.24) is 5.32 Å². The molecule has 0 fully saturated rings. The second-order valence-corrected chi connectivity index (χ2v) is 6.43. The zero-order valence-electron chi connectivity index (χ0n) is 11.4. The van der Waals surface area contributed by atoms with Crippen molar-refractivity contribution in [3.63, 3.8) is 0 Å². The van der Waals surface area contributed by atoms with E-state index in [1.807, 2.05) is 0 Å². The third-order valence-electron chi connectivity index (χ3n) is 2.76. The van der Waals surface area contributed by atoms with E-state index in [-0.39, 0.29) is 21.4 Å². The molecule has 0 atom stereocenters. The second kappa shape index (κ2) is 6.05. The van der Waals surface area contributed by atoms with Crippen molar-refractivity contribution in [2.24, 2.45) is 0 Å². The SMILES string of the molecule is CNCc1cc(S(=O)(=O)Nc2cccc(Cl)c2F)c(C)o1. The lowest BCUT2D eigenvalue weighted by Gasteiger charge is -2.08. The van der Waals surface area contributed by atoms with Gasteiger partial charge in [0.2, 0.25) is 0 Å². The smallest absolute Gasteiger partial charge is 0.265 e. The first kappa shape index (κ1) is 15.8. The van der Waals surface area contributed by atoms with Gasteiger partial charge in [-0.15, -0.1) is 0 Å². The maximum Gasteiger partial charge on any atom is 0.265 e. The van der Waals surface area contributed by atoms with Gasteiger partial charge in [-0.3, -0.25) is 4.72 Å². The Morgan fingerprint density at radius 2 is 2.10 bits per heavy atom. The van der Waals surface area contributed by atoms with Crippen LogP contribution in [0.4, 0.5) is 10.1 Å². The van der Waals surface area contributed by atoms with Gasteiger partial charge in [0, 0.05) is 6.07 Å². The first-order chi connectivity index (χ1) is 9.85. The van der Waals surface area contributed by atoms with Crippen molar-refractivity contribution in [3.05, 3.63) is 46.6 Å². The van der Waals surface area contributed by atoms with Crippen LogP contribution < -0.4 is 10.0 Å². The van der Waals surface area contributed by atoms with E-state index in [4.69, 9.17) is 16.0 Å². The van der Waals surface area contributed by atoms with Crippen molar-refractivity contribution in [2.45, 2.75) is 18.4 Å². The van der Waals surface area contributed by atoms with Crippen LogP contribution in [0, 0.1) is 12.7 Å². The summed E-state index contributed by atoms with van der Waals surface area (Å²) >= 11 is 5.63. The molecule has 2 aromatic rings. The maximum atomic E-state index is 13.8. The number of nitrogens with one attached hydrogen (secondary N) is 2. The topological polar surface area (TPSA) is 71.3 Å². The molecule has 0 aliphatic rings. The monoisotopic (exact) mass is 332 g/mol. The normalized spacial score (nSPS) is 11.6. The van der Waals surface area contributed by atoms with Gasteiger partial charge in [-0.2, -0.15) is 0 Å². The van der Waals surface area contributed by atoms with Gasteiger partial charge < -0.3 is 9.73 Å². The van der Waals surface area contributed by atoms with E-state index in [0.29, 0.717) is 12.3 Å². The lowest BCUT2D eigenvalue weighted by Crippen LogP contribution is -2.14. The summed E-state index contributed by atoms with van der Waals surface area (Å²) in [6.07, 6.45) is 0. The molecule has 2 N–H and O–H groups in total. The minimum atomic E-state index is -3.95. The Bertz CT molecular complexity index is 759. The average molecular weight is 333 g/mol. The number of anilines is 1. The van der Waals surface area contributed by atoms with Crippen LogP contribution >= 0.6 is 11.6 Å². The molecule has 114 valence electrons. The van der Waals surface area contributed by atoms with Gasteiger partial charge in [-0.25, -0.2) is 12.8 Å². The predicted octanol–water partition coefficient (Wildman–Crippen LogP) is 2.90. The molecule has 0 aliphatic heterocycles. The molecule has 21 heavy (non-hydrogen) atoms. The molecule has 5 nitrogen and oxygen atoms in total. The van der Waals surface area contributed by atoms with E-state index in [2.05, 4.69) is 10.0 Å². The van der Waals surface area contributed by atoms with E-state index in [9.17, 15) is 12.8 Å². The first-order valence-electron chi connectivity index (χ1n) is 6.06. The van der Waals surface area contributed by atoms with Crippen LogP contribution in [0.25, 0.3) is 0 Å². The van der Waals surface area contributed by atoms with E-state index < -0.39 is 15.8 Å². The van der Waals surface area contributed by atoms with Gasteiger partial charge >= 0.3 is 0 Å². The van der Waals surface area contributed by atoms with Crippen LogP contribution in [0.2, 0.25) is 5.02 Å². The van der Waals surface area contributed by atoms with Crippen LogP contribution in [0.15, 0.2) is 33.6 Å². The third kappa shape index (κ3) is 3.37. The quantitative estimate of drug-likeness (QED) is 0.883. The van der Waals surface area contributed by atoms with Crippen molar-refractivity contribution < 1.29 is 17.2 Å². The van der Waals surface area contributed by atoms with Gasteiger partial charge in [0.25, 0.3) is 10.0 Å². The summed E-state index contributed by atoms with van der Waals surface area (Å²) in [5.74, 6) is -0.114. The highest BCUT2D eigenvalue weighted by molar-refractivity contribution is 7.92.